The van der Waals surface area contributed by atoms with Gasteiger partial charge in [0.1, 0.15) is 0 Å². The molecule has 0 aromatic heterocycles. The van der Waals surface area contributed by atoms with Gasteiger partial charge in [0.15, 0.2) is 0 Å². The Kier molecular flexibility index (Phi) is 215. The molecule has 6 heavy (non-hydrogen) atoms. The molecule has 0 radical (unpaired) electrons. The molecule has 0 amide bonds. The maximum Gasteiger partial charge on any atom is 2.00 e. The molecule has 0 fully saturated rings. The molecule has 1 atom stereocenters. The van der Waals surface area contributed by atoms with Crippen molar-refractivity contribution < 1.29 is 107 Å². The summed E-state index contributed by atoms with van der Waals surface area (Å²) in [5, 5.41) is 0. The molecule has 0 aliphatic carbocycles. The molecule has 0 nitrogen and oxygen atoms in total. The molecule has 0 heterocycles. The minimum atomic E-state index is 0. The van der Waals surface area contributed by atoms with Gasteiger partial charge in [0.2, 0.25) is 0 Å². The van der Waals surface area contributed by atoms with Crippen LogP contribution in [0.3, 0.4) is 0 Å². The van der Waals surface area contributed by atoms with E-state index in [1.54, 1.807) is 0 Å². The minimum absolute atomic E-state index is 0. The van der Waals surface area contributed by atoms with Crippen molar-refractivity contribution in [3.63, 3.8) is 0 Å². The molecule has 0 bridgehead atoms. The van der Waals surface area contributed by atoms with E-state index in [2.05, 4.69) is 0 Å². The van der Waals surface area contributed by atoms with E-state index in [1.165, 1.54) is 0 Å². The zero-order chi connectivity index (χ0) is 0. The van der Waals surface area contributed by atoms with Crippen LogP contribution in [0.15, 0.2) is 0 Å². The van der Waals surface area contributed by atoms with Gasteiger partial charge in [-0.05, 0) is 0 Å². The molecule has 0 aliphatic rings. The van der Waals surface area contributed by atoms with Crippen molar-refractivity contribution in [1.29, 1.82) is 0 Å². The number of rotatable bonds is 0. The first-order valence-electron chi connectivity index (χ1n) is 0. The zero-order valence-electron chi connectivity index (χ0n) is 10.5. The maximum absolute atomic E-state index is 0. The molecule has 0 spiro atoms. The molecule has 0 saturated carbocycles. The van der Waals surface area contributed by atoms with Crippen LogP contribution in [0.25, 0.3) is 0 Å². The summed E-state index contributed by atoms with van der Waals surface area (Å²) in [7, 11) is 0. The third-order valence-electron chi connectivity index (χ3n) is 0. The van der Waals surface area contributed by atoms with Crippen molar-refractivity contribution in [1.82, 2.24) is 0 Å². The summed E-state index contributed by atoms with van der Waals surface area (Å²) in [6.07, 6.45) is 0. The third kappa shape index (κ3) is 22.6. The van der Waals surface area contributed by atoms with Crippen LogP contribution in [0.2, 0.25) is 0 Å². The molecule has 0 rings (SSSR count). The van der Waals surface area contributed by atoms with Gasteiger partial charge in [-0.25, -0.2) is 0 Å². The van der Waals surface area contributed by atoms with E-state index in [9.17, 15) is 0 Å². The molecular formula is H9CaFeKMgNaP. The molecule has 28 valence electrons. The van der Waals surface area contributed by atoms with Crippen molar-refractivity contribution >= 4 is 70.7 Å². The Morgan fingerprint density at radius 3 is 1.17 bits per heavy atom. The van der Waals surface area contributed by atoms with Crippen LogP contribution < -0.4 is 80.9 Å². The quantitative estimate of drug-likeness (QED) is 0.283. The second-order valence-electron chi connectivity index (χ2n) is 0. The van der Waals surface area contributed by atoms with Crippen molar-refractivity contribution in [2.75, 3.05) is 0 Å². The van der Waals surface area contributed by atoms with E-state index < -0.39 is 0 Å². The van der Waals surface area contributed by atoms with Gasteiger partial charge in [0.05, 0.1) is 0 Å². The monoisotopic (exact) mass is 222 g/mol. The smallest absolute Gasteiger partial charge is 1.00 e. The Morgan fingerprint density at radius 2 is 1.17 bits per heavy atom. The summed E-state index contributed by atoms with van der Waals surface area (Å²) in [6, 6.07) is 0. The van der Waals surface area contributed by atoms with Gasteiger partial charge in [-0.3, -0.25) is 0 Å². The summed E-state index contributed by atoms with van der Waals surface area (Å²) in [4.78, 5) is 0. The van der Waals surface area contributed by atoms with Gasteiger partial charge in [0.25, 0.3) is 0 Å². The minimum Gasteiger partial charge on any atom is -1.00 e. The number of hydrogen-bond donors (Lipinski definition) is 0. The normalized spacial score (nSPS) is 0. The van der Waals surface area contributed by atoms with Gasteiger partial charge in [-0.1, -0.05) is 0 Å². The Morgan fingerprint density at radius 1 is 1.17 bits per heavy atom. The summed E-state index contributed by atoms with van der Waals surface area (Å²) in [6.45, 7) is 0. The molecule has 6 heteroatoms. The SMILES string of the molecule is P.[Ca+2].[Fe].[H-].[H-].[H-].[H-].[H-].[H-].[K+].[Mg+2].[Na+]. The summed E-state index contributed by atoms with van der Waals surface area (Å²) >= 11 is 0. The average molecular weight is 222 g/mol. The zero-order valence-corrected chi connectivity index (χ0v) is 15.7. The second-order valence-corrected chi connectivity index (χ2v) is 0. The Bertz CT molecular complexity index is 27.5. The first-order chi connectivity index (χ1) is 0. The predicted molar refractivity (Wildman–Crippen MR) is 29.3 cm³/mol. The topological polar surface area (TPSA) is 0 Å². The fraction of sp³-hybridized carbons (Fsp3) is 0. The average Bonchev–Trinajstić information content (AvgIpc) is 0. The van der Waals surface area contributed by atoms with E-state index >= 15 is 0 Å². The second kappa shape index (κ2) is 31.1. The fourth-order valence-corrected chi connectivity index (χ4v) is 0. The van der Waals surface area contributed by atoms with Crippen LogP contribution in [-0.2, 0) is 17.1 Å². The third-order valence-corrected chi connectivity index (χ3v) is 0. The summed E-state index contributed by atoms with van der Waals surface area (Å²) in [5.74, 6) is 0. The van der Waals surface area contributed by atoms with Gasteiger partial charge < -0.3 is 8.56 Å². The molecule has 0 aromatic rings. The van der Waals surface area contributed by atoms with E-state index in [0.29, 0.717) is 0 Å². The van der Waals surface area contributed by atoms with Crippen LogP contribution in [0.5, 0.6) is 0 Å². The van der Waals surface area contributed by atoms with Gasteiger partial charge in [0, 0.05) is 17.1 Å². The Hall–Kier alpha value is 5.61. The van der Waals surface area contributed by atoms with Crippen LogP contribution in [0, 0.1) is 0 Å². The van der Waals surface area contributed by atoms with E-state index in [4.69, 9.17) is 0 Å². The van der Waals surface area contributed by atoms with E-state index in [1.807, 2.05) is 0 Å². The molecule has 0 aromatic carbocycles. The summed E-state index contributed by atoms with van der Waals surface area (Å²) < 4.78 is 0. The van der Waals surface area contributed by atoms with Gasteiger partial charge >= 0.3 is 142 Å². The Balaban J connectivity index is 0. The molecule has 0 N–H and O–H groups in total. The molecule has 1 unspecified atom stereocenters. The predicted octanol–water partition coefficient (Wildman–Crippen LogP) is -6.02. The standard InChI is InChI=1S/Ca.Fe.K.Mg.Na.H3P.6H/h;;;;;1H3;;;;;;/q+2;;+1;+2;+1;;6*-1. The maximum atomic E-state index is 0. The van der Waals surface area contributed by atoms with Crippen LogP contribution in [0.1, 0.15) is 8.56 Å². The van der Waals surface area contributed by atoms with Crippen molar-refractivity contribution in [3.05, 3.63) is 0 Å². The molecular weight excluding hydrogens is 213 g/mol. The van der Waals surface area contributed by atoms with Crippen molar-refractivity contribution in [3.8, 4) is 0 Å². The fourth-order valence-electron chi connectivity index (χ4n) is 0. The van der Waals surface area contributed by atoms with Crippen molar-refractivity contribution in [2.24, 2.45) is 0 Å². The van der Waals surface area contributed by atoms with Crippen LogP contribution in [0.4, 0.5) is 0 Å². The van der Waals surface area contributed by atoms with Gasteiger partial charge in [-0.2, -0.15) is 9.90 Å². The molecule has 0 aliphatic heterocycles. The van der Waals surface area contributed by atoms with Crippen LogP contribution >= 0.6 is 9.90 Å². The van der Waals surface area contributed by atoms with Crippen molar-refractivity contribution in [2.45, 2.75) is 0 Å². The van der Waals surface area contributed by atoms with E-state index in [0.717, 1.165) is 0 Å². The number of hydrogen-bond acceptors (Lipinski definition) is 0. The van der Waals surface area contributed by atoms with E-state index in [-0.39, 0.29) is 177 Å². The molecule has 0 saturated heterocycles. The Labute approximate surface area is 172 Å². The van der Waals surface area contributed by atoms with Crippen LogP contribution in [-0.4, -0.2) is 60.8 Å². The first-order valence-corrected chi connectivity index (χ1v) is 0. The summed E-state index contributed by atoms with van der Waals surface area (Å²) in [5.41, 5.74) is 0. The largest absolute Gasteiger partial charge is 2.00 e. The van der Waals surface area contributed by atoms with Gasteiger partial charge in [-0.15, -0.1) is 0 Å². The first kappa shape index (κ1) is 41.5.